The van der Waals surface area contributed by atoms with Crippen molar-refractivity contribution in [2.75, 3.05) is 45.9 Å². The number of hydrogen-bond acceptors (Lipinski definition) is 6. The summed E-state index contributed by atoms with van der Waals surface area (Å²) >= 11 is 1.69. The fraction of sp³-hybridized carbons (Fsp3) is 0.520. The summed E-state index contributed by atoms with van der Waals surface area (Å²) in [5.74, 6) is 0.288. The molecule has 0 N–H and O–H groups in total. The first-order valence-electron chi connectivity index (χ1n) is 11.2. The van der Waals surface area contributed by atoms with Gasteiger partial charge in [0.05, 0.1) is 17.0 Å². The summed E-state index contributed by atoms with van der Waals surface area (Å²) in [6.45, 7) is 10.5. The third-order valence-corrected chi connectivity index (χ3v) is 7.43. The van der Waals surface area contributed by atoms with Crippen molar-refractivity contribution in [3.63, 3.8) is 0 Å². The van der Waals surface area contributed by atoms with Crippen molar-refractivity contribution in [2.45, 2.75) is 32.1 Å². The monoisotopic (exact) mass is 454 g/mol. The molecule has 0 amide bonds. The molecule has 3 rings (SSSR count). The molecular weight excluding hydrogens is 423 g/mol. The van der Waals surface area contributed by atoms with Gasteiger partial charge in [-0.3, -0.25) is 4.90 Å². The number of nitrogens with zero attached hydrogens (tertiary/aromatic N) is 4. The van der Waals surface area contributed by atoms with Gasteiger partial charge in [-0.15, -0.1) is 11.3 Å². The highest BCUT2D eigenvalue weighted by atomic mass is 32.1. The van der Waals surface area contributed by atoms with Gasteiger partial charge in [-0.1, -0.05) is 19.9 Å². The zero-order valence-electron chi connectivity index (χ0n) is 18.9. The van der Waals surface area contributed by atoms with E-state index in [0.29, 0.717) is 12.4 Å². The fourth-order valence-corrected chi connectivity index (χ4v) is 5.34. The van der Waals surface area contributed by atoms with Crippen LogP contribution in [0.25, 0.3) is 0 Å². The van der Waals surface area contributed by atoms with E-state index in [2.05, 4.69) is 41.2 Å². The van der Waals surface area contributed by atoms with E-state index in [9.17, 15) is 9.65 Å². The SMILES string of the molecule is CC(C)C(C#N)(CCCN1CCN(CCOc2ccc(F)cc2C#N)CC1)c1cccs1. The lowest BCUT2D eigenvalue weighted by atomic mass is 9.73. The van der Waals surface area contributed by atoms with Gasteiger partial charge in [-0.25, -0.2) is 4.39 Å². The van der Waals surface area contributed by atoms with Gasteiger partial charge < -0.3 is 9.64 Å². The molecule has 0 aliphatic carbocycles. The van der Waals surface area contributed by atoms with Gasteiger partial charge in [0.2, 0.25) is 0 Å². The van der Waals surface area contributed by atoms with Crippen molar-refractivity contribution in [3.05, 3.63) is 52.0 Å². The maximum Gasteiger partial charge on any atom is 0.137 e. The average molecular weight is 455 g/mol. The minimum Gasteiger partial charge on any atom is -0.491 e. The van der Waals surface area contributed by atoms with Crippen molar-refractivity contribution < 1.29 is 9.13 Å². The molecule has 1 aromatic heterocycles. The van der Waals surface area contributed by atoms with Gasteiger partial charge in [0, 0.05) is 37.6 Å². The van der Waals surface area contributed by atoms with Crippen LogP contribution in [0.3, 0.4) is 0 Å². The molecule has 1 fully saturated rings. The van der Waals surface area contributed by atoms with Crippen molar-refractivity contribution in [2.24, 2.45) is 5.92 Å². The van der Waals surface area contributed by atoms with Crippen molar-refractivity contribution in [1.82, 2.24) is 9.80 Å². The molecule has 32 heavy (non-hydrogen) atoms. The van der Waals surface area contributed by atoms with E-state index in [4.69, 9.17) is 10.00 Å². The number of halogens is 1. The molecule has 1 atom stereocenters. The molecule has 1 aromatic carbocycles. The molecule has 1 saturated heterocycles. The highest BCUT2D eigenvalue weighted by molar-refractivity contribution is 7.10. The Morgan fingerprint density at radius 2 is 1.84 bits per heavy atom. The Kier molecular flexibility index (Phi) is 8.64. The first-order chi connectivity index (χ1) is 15.5. The molecule has 7 heteroatoms. The number of rotatable bonds is 10. The highest BCUT2D eigenvalue weighted by Gasteiger charge is 2.36. The van der Waals surface area contributed by atoms with Gasteiger partial charge in [-0.05, 0) is 54.9 Å². The van der Waals surface area contributed by atoms with E-state index in [0.717, 1.165) is 52.1 Å². The zero-order valence-corrected chi connectivity index (χ0v) is 19.7. The van der Waals surface area contributed by atoms with E-state index in [-0.39, 0.29) is 11.5 Å². The Morgan fingerprint density at radius 3 is 2.44 bits per heavy atom. The lowest BCUT2D eigenvalue weighted by Crippen LogP contribution is -2.47. The van der Waals surface area contributed by atoms with Crippen LogP contribution in [0.5, 0.6) is 5.75 Å². The summed E-state index contributed by atoms with van der Waals surface area (Å²) in [4.78, 5) is 6.01. The van der Waals surface area contributed by atoms with Crippen LogP contribution < -0.4 is 4.74 Å². The predicted molar refractivity (Wildman–Crippen MR) is 125 cm³/mol. The van der Waals surface area contributed by atoms with E-state index < -0.39 is 11.2 Å². The number of nitriles is 2. The summed E-state index contributed by atoms with van der Waals surface area (Å²) < 4.78 is 18.9. The van der Waals surface area contributed by atoms with Gasteiger partial charge in [-0.2, -0.15) is 10.5 Å². The standard InChI is InChI=1S/C25H31FN4OS/c1-20(2)25(19-28,24-5-3-16-32-24)8-4-9-29-10-12-30(13-11-29)14-15-31-23-7-6-22(26)17-21(23)18-27/h3,5-7,16-17,20H,4,8-15H2,1-2H3. The van der Waals surface area contributed by atoms with Crippen LogP contribution in [-0.2, 0) is 5.41 Å². The Balaban J connectivity index is 1.40. The van der Waals surface area contributed by atoms with E-state index >= 15 is 0 Å². The van der Waals surface area contributed by atoms with Crippen LogP contribution >= 0.6 is 11.3 Å². The molecule has 1 aliphatic rings. The van der Waals surface area contributed by atoms with Crippen molar-refractivity contribution >= 4 is 11.3 Å². The number of benzene rings is 1. The minimum atomic E-state index is -0.430. The van der Waals surface area contributed by atoms with Gasteiger partial charge in [0.25, 0.3) is 0 Å². The van der Waals surface area contributed by atoms with Crippen molar-refractivity contribution in [1.29, 1.82) is 10.5 Å². The second kappa shape index (κ2) is 11.4. The molecule has 0 bridgehead atoms. The lowest BCUT2D eigenvalue weighted by molar-refractivity contribution is 0.114. The molecular formula is C25H31FN4OS. The summed E-state index contributed by atoms with van der Waals surface area (Å²) in [5, 5.41) is 21.2. The number of piperazine rings is 1. The van der Waals surface area contributed by atoms with Crippen LogP contribution in [0.1, 0.15) is 37.1 Å². The first-order valence-corrected chi connectivity index (χ1v) is 12.1. The maximum atomic E-state index is 13.2. The molecule has 1 unspecified atom stereocenters. The Bertz CT molecular complexity index is 942. The quantitative estimate of drug-likeness (QED) is 0.523. The second-order valence-corrected chi connectivity index (χ2v) is 9.55. The van der Waals surface area contributed by atoms with Crippen LogP contribution in [0, 0.1) is 34.4 Å². The zero-order chi connectivity index (χ0) is 23.0. The summed E-state index contributed by atoms with van der Waals surface area (Å²) in [7, 11) is 0. The Labute approximate surface area is 194 Å². The van der Waals surface area contributed by atoms with Gasteiger partial charge in [0.15, 0.2) is 0 Å². The number of thiophene rings is 1. The highest BCUT2D eigenvalue weighted by Crippen LogP contribution is 2.39. The molecule has 2 aromatic rings. The van der Waals surface area contributed by atoms with Crippen LogP contribution in [0.4, 0.5) is 4.39 Å². The van der Waals surface area contributed by atoms with E-state index in [1.807, 2.05) is 12.1 Å². The third kappa shape index (κ3) is 5.86. The third-order valence-electron chi connectivity index (χ3n) is 6.38. The number of ether oxygens (including phenoxy) is 1. The fourth-order valence-electron chi connectivity index (χ4n) is 4.29. The summed E-state index contributed by atoms with van der Waals surface area (Å²) in [6, 6.07) is 12.8. The molecule has 2 heterocycles. The molecule has 0 saturated carbocycles. The number of hydrogen-bond donors (Lipinski definition) is 0. The Hall–Kier alpha value is -2.45. The molecule has 0 spiro atoms. The first kappa shape index (κ1) is 24.2. The smallest absolute Gasteiger partial charge is 0.137 e. The van der Waals surface area contributed by atoms with Crippen LogP contribution in [0.2, 0.25) is 0 Å². The second-order valence-electron chi connectivity index (χ2n) is 8.60. The lowest BCUT2D eigenvalue weighted by Gasteiger charge is -2.35. The summed E-state index contributed by atoms with van der Waals surface area (Å²) in [6.07, 6.45) is 1.89. The molecule has 0 radical (unpaired) electrons. The van der Waals surface area contributed by atoms with E-state index in [1.54, 1.807) is 11.3 Å². The van der Waals surface area contributed by atoms with Gasteiger partial charge in [0.1, 0.15) is 24.2 Å². The maximum absolute atomic E-state index is 13.2. The van der Waals surface area contributed by atoms with Gasteiger partial charge >= 0.3 is 0 Å². The van der Waals surface area contributed by atoms with Crippen LogP contribution in [0.15, 0.2) is 35.7 Å². The van der Waals surface area contributed by atoms with Crippen molar-refractivity contribution in [3.8, 4) is 17.9 Å². The average Bonchev–Trinajstić information content (AvgIpc) is 3.34. The minimum absolute atomic E-state index is 0.229. The molecule has 170 valence electrons. The molecule has 1 aliphatic heterocycles. The largest absolute Gasteiger partial charge is 0.491 e. The molecule has 5 nitrogen and oxygen atoms in total. The Morgan fingerprint density at radius 1 is 1.12 bits per heavy atom. The van der Waals surface area contributed by atoms with E-state index in [1.165, 1.54) is 23.1 Å². The predicted octanol–water partition coefficient (Wildman–Crippen LogP) is 4.65. The normalized spacial score (nSPS) is 16.9. The topological polar surface area (TPSA) is 63.3 Å². The summed E-state index contributed by atoms with van der Waals surface area (Å²) in [5.41, 5.74) is -0.164. The van der Waals surface area contributed by atoms with Crippen LogP contribution in [-0.4, -0.2) is 55.7 Å².